The number of nitrogens with one attached hydrogen (secondary N) is 1. The maximum Gasteiger partial charge on any atom is 0.159 e. The first-order valence-corrected chi connectivity index (χ1v) is 9.71. The third kappa shape index (κ3) is 4.08. The molecule has 0 bridgehead atoms. The van der Waals surface area contributed by atoms with Crippen LogP contribution >= 0.6 is 0 Å². The lowest BCUT2D eigenvalue weighted by Crippen LogP contribution is -2.47. The minimum Gasteiger partial charge on any atom is -0.393 e. The van der Waals surface area contributed by atoms with E-state index < -0.39 is 0 Å². The standard InChI is InChI=1S/C22H25FN6/c1-15-11-16(2)13-17(12-15)27-21-20(24)22(26-14-25-21)29-9-7-28(8-10-29)19-6-4-3-5-18(19)23/h3-6,11-14H,7-10,24H2,1-2H3,(H,25,26,27). The van der Waals surface area contributed by atoms with E-state index in [4.69, 9.17) is 5.73 Å². The summed E-state index contributed by atoms with van der Waals surface area (Å²) in [5, 5.41) is 3.31. The molecule has 6 nitrogen and oxygen atoms in total. The molecule has 1 aliphatic rings. The quantitative estimate of drug-likeness (QED) is 0.702. The zero-order valence-corrected chi connectivity index (χ0v) is 16.7. The Morgan fingerprint density at radius 3 is 2.28 bits per heavy atom. The van der Waals surface area contributed by atoms with Gasteiger partial charge in [-0.2, -0.15) is 0 Å². The van der Waals surface area contributed by atoms with Gasteiger partial charge in [0, 0.05) is 31.9 Å². The molecule has 0 saturated carbocycles. The molecule has 3 aromatic rings. The Bertz CT molecular complexity index is 994. The first-order chi connectivity index (χ1) is 14.0. The van der Waals surface area contributed by atoms with Crippen LogP contribution in [0, 0.1) is 19.7 Å². The highest BCUT2D eigenvalue weighted by atomic mass is 19.1. The smallest absolute Gasteiger partial charge is 0.159 e. The Labute approximate surface area is 170 Å². The molecule has 0 atom stereocenters. The first-order valence-electron chi connectivity index (χ1n) is 9.71. The van der Waals surface area contributed by atoms with Gasteiger partial charge in [-0.3, -0.25) is 0 Å². The molecule has 1 aromatic heterocycles. The third-order valence-corrected chi connectivity index (χ3v) is 5.12. The minimum absolute atomic E-state index is 0.192. The molecule has 29 heavy (non-hydrogen) atoms. The summed E-state index contributed by atoms with van der Waals surface area (Å²) in [5.74, 6) is 1.11. The van der Waals surface area contributed by atoms with Crippen molar-refractivity contribution in [3.05, 3.63) is 65.7 Å². The number of piperazine rings is 1. The molecule has 0 spiro atoms. The summed E-state index contributed by atoms with van der Waals surface area (Å²) in [6, 6.07) is 13.1. The summed E-state index contributed by atoms with van der Waals surface area (Å²) < 4.78 is 14.1. The average Bonchev–Trinajstić information content (AvgIpc) is 2.69. The van der Waals surface area contributed by atoms with Crippen molar-refractivity contribution >= 4 is 28.7 Å². The molecule has 0 aliphatic carbocycles. The van der Waals surface area contributed by atoms with Gasteiger partial charge < -0.3 is 20.9 Å². The van der Waals surface area contributed by atoms with E-state index in [2.05, 4.69) is 57.1 Å². The summed E-state index contributed by atoms with van der Waals surface area (Å²) in [7, 11) is 0. The maximum atomic E-state index is 14.1. The molecule has 2 heterocycles. The van der Waals surface area contributed by atoms with Crippen molar-refractivity contribution in [3.63, 3.8) is 0 Å². The second-order valence-corrected chi connectivity index (χ2v) is 7.39. The van der Waals surface area contributed by atoms with Crippen LogP contribution < -0.4 is 20.9 Å². The van der Waals surface area contributed by atoms with Crippen molar-refractivity contribution in [2.45, 2.75) is 13.8 Å². The molecule has 0 unspecified atom stereocenters. The molecule has 150 valence electrons. The van der Waals surface area contributed by atoms with Crippen molar-refractivity contribution in [1.29, 1.82) is 0 Å². The fraction of sp³-hybridized carbons (Fsp3) is 0.273. The molecule has 7 heteroatoms. The van der Waals surface area contributed by atoms with E-state index in [0.29, 0.717) is 49.2 Å². The Balaban J connectivity index is 1.50. The van der Waals surface area contributed by atoms with Crippen LogP contribution in [0.1, 0.15) is 11.1 Å². The van der Waals surface area contributed by atoms with Gasteiger partial charge in [0.2, 0.25) is 0 Å². The highest BCUT2D eigenvalue weighted by Gasteiger charge is 2.22. The Kier molecular flexibility index (Phi) is 5.20. The third-order valence-electron chi connectivity index (χ3n) is 5.12. The summed E-state index contributed by atoms with van der Waals surface area (Å²) in [6.45, 7) is 6.93. The van der Waals surface area contributed by atoms with Gasteiger partial charge in [-0.1, -0.05) is 18.2 Å². The fourth-order valence-electron chi connectivity index (χ4n) is 3.79. The van der Waals surface area contributed by atoms with Crippen molar-refractivity contribution in [1.82, 2.24) is 9.97 Å². The number of rotatable bonds is 4. The largest absolute Gasteiger partial charge is 0.393 e. The van der Waals surface area contributed by atoms with E-state index in [9.17, 15) is 4.39 Å². The number of aromatic nitrogens is 2. The number of benzene rings is 2. The van der Waals surface area contributed by atoms with Gasteiger partial charge in [-0.15, -0.1) is 0 Å². The maximum absolute atomic E-state index is 14.1. The molecule has 1 aliphatic heterocycles. The summed E-state index contributed by atoms with van der Waals surface area (Å²) in [5.41, 5.74) is 10.9. The van der Waals surface area contributed by atoms with Gasteiger partial charge in [0.15, 0.2) is 11.6 Å². The molecule has 1 fully saturated rings. The Morgan fingerprint density at radius 1 is 0.931 bits per heavy atom. The van der Waals surface area contributed by atoms with Gasteiger partial charge in [-0.05, 0) is 49.2 Å². The number of anilines is 5. The van der Waals surface area contributed by atoms with Crippen LogP contribution in [-0.2, 0) is 0 Å². The minimum atomic E-state index is -0.192. The number of aryl methyl sites for hydroxylation is 2. The van der Waals surface area contributed by atoms with Crippen molar-refractivity contribution < 1.29 is 4.39 Å². The first kappa shape index (κ1) is 19.0. The van der Waals surface area contributed by atoms with E-state index >= 15 is 0 Å². The van der Waals surface area contributed by atoms with E-state index in [1.807, 2.05) is 12.1 Å². The van der Waals surface area contributed by atoms with E-state index in [-0.39, 0.29) is 5.82 Å². The highest BCUT2D eigenvalue weighted by molar-refractivity contribution is 5.78. The predicted molar refractivity (Wildman–Crippen MR) is 116 cm³/mol. The zero-order chi connectivity index (χ0) is 20.4. The SMILES string of the molecule is Cc1cc(C)cc(Nc2ncnc(N3CCN(c4ccccc4F)CC3)c2N)c1. The van der Waals surface area contributed by atoms with Crippen LogP contribution in [0.2, 0.25) is 0 Å². The van der Waals surface area contributed by atoms with Gasteiger partial charge in [0.1, 0.15) is 17.8 Å². The van der Waals surface area contributed by atoms with E-state index in [1.165, 1.54) is 23.5 Å². The second-order valence-electron chi connectivity index (χ2n) is 7.39. The predicted octanol–water partition coefficient (Wildman–Crippen LogP) is 3.88. The van der Waals surface area contributed by atoms with E-state index in [1.54, 1.807) is 6.07 Å². The number of para-hydroxylation sites is 1. The van der Waals surface area contributed by atoms with Crippen molar-refractivity contribution in [3.8, 4) is 0 Å². The Hall–Kier alpha value is -3.35. The van der Waals surface area contributed by atoms with Gasteiger partial charge in [0.05, 0.1) is 5.69 Å². The van der Waals surface area contributed by atoms with Gasteiger partial charge in [-0.25, -0.2) is 14.4 Å². The average molecular weight is 392 g/mol. The van der Waals surface area contributed by atoms with Crippen LogP contribution in [0.15, 0.2) is 48.8 Å². The normalized spacial score (nSPS) is 14.2. The topological polar surface area (TPSA) is 70.3 Å². The molecule has 0 radical (unpaired) electrons. The number of nitrogens with zero attached hydrogens (tertiary/aromatic N) is 4. The zero-order valence-electron chi connectivity index (χ0n) is 16.7. The number of nitrogens with two attached hydrogens (primary N) is 1. The number of hydrogen-bond donors (Lipinski definition) is 2. The molecule has 4 rings (SSSR count). The van der Waals surface area contributed by atoms with Gasteiger partial charge >= 0.3 is 0 Å². The fourth-order valence-corrected chi connectivity index (χ4v) is 3.79. The monoisotopic (exact) mass is 392 g/mol. The molecule has 2 aromatic carbocycles. The van der Waals surface area contributed by atoms with Crippen LogP contribution in [0.4, 0.5) is 33.1 Å². The molecule has 0 amide bonds. The number of halogens is 1. The van der Waals surface area contributed by atoms with Gasteiger partial charge in [0.25, 0.3) is 0 Å². The number of nitrogen functional groups attached to an aromatic ring is 1. The molecule has 1 saturated heterocycles. The lowest BCUT2D eigenvalue weighted by atomic mass is 10.1. The lowest BCUT2D eigenvalue weighted by molar-refractivity contribution is 0.596. The summed E-state index contributed by atoms with van der Waals surface area (Å²) in [6.07, 6.45) is 1.53. The Morgan fingerprint density at radius 2 is 1.59 bits per heavy atom. The summed E-state index contributed by atoms with van der Waals surface area (Å²) >= 11 is 0. The molecular formula is C22H25FN6. The van der Waals surface area contributed by atoms with Crippen LogP contribution in [-0.4, -0.2) is 36.1 Å². The molecule has 3 N–H and O–H groups in total. The highest BCUT2D eigenvalue weighted by Crippen LogP contribution is 2.30. The summed E-state index contributed by atoms with van der Waals surface area (Å²) in [4.78, 5) is 12.9. The molecular weight excluding hydrogens is 367 g/mol. The van der Waals surface area contributed by atoms with Crippen LogP contribution in [0.25, 0.3) is 0 Å². The number of hydrogen-bond acceptors (Lipinski definition) is 6. The second kappa shape index (κ2) is 7.95. The van der Waals surface area contributed by atoms with Crippen molar-refractivity contribution in [2.75, 3.05) is 47.0 Å². The van der Waals surface area contributed by atoms with E-state index in [0.717, 1.165) is 5.69 Å². The van der Waals surface area contributed by atoms with Crippen LogP contribution in [0.5, 0.6) is 0 Å². The lowest BCUT2D eigenvalue weighted by Gasteiger charge is -2.37. The van der Waals surface area contributed by atoms with Crippen LogP contribution in [0.3, 0.4) is 0 Å². The van der Waals surface area contributed by atoms with Crippen molar-refractivity contribution in [2.24, 2.45) is 0 Å².